The summed E-state index contributed by atoms with van der Waals surface area (Å²) < 4.78 is 68.6. The summed E-state index contributed by atoms with van der Waals surface area (Å²) >= 11 is 0. The van der Waals surface area contributed by atoms with Gasteiger partial charge in [0.15, 0.2) is 12.2 Å². The number of carbonyl (C=O) groups is 4. The highest BCUT2D eigenvalue weighted by molar-refractivity contribution is 7.47. The van der Waals surface area contributed by atoms with Crippen molar-refractivity contribution in [3.8, 4) is 0 Å². The molecule has 0 saturated heterocycles. The minimum atomic E-state index is -4.98. The number of allylic oxidation sites excluding steroid dienone is 14. The van der Waals surface area contributed by atoms with Crippen molar-refractivity contribution in [2.24, 2.45) is 0 Å². The van der Waals surface area contributed by atoms with Crippen molar-refractivity contribution in [2.45, 2.75) is 380 Å². The number of unbranched alkanes of at least 4 members (excludes halogenated alkanes) is 37. The number of aliphatic hydroxyl groups excluding tert-OH is 1. The molecular weight excluding hydrogens is 1330 g/mol. The van der Waals surface area contributed by atoms with Gasteiger partial charge in [0.25, 0.3) is 0 Å². The van der Waals surface area contributed by atoms with Gasteiger partial charge in [0, 0.05) is 25.7 Å². The third-order valence-corrected chi connectivity index (χ3v) is 19.2. The summed E-state index contributed by atoms with van der Waals surface area (Å²) in [5, 5.41) is 10.6. The van der Waals surface area contributed by atoms with Crippen molar-refractivity contribution < 1.29 is 80.2 Å². The number of ether oxygens (including phenoxy) is 4. The summed E-state index contributed by atoms with van der Waals surface area (Å²) in [5.41, 5.74) is 0. The molecule has 0 heterocycles. The van der Waals surface area contributed by atoms with Crippen molar-refractivity contribution in [2.75, 3.05) is 39.6 Å². The minimum absolute atomic E-state index is 0.0858. The van der Waals surface area contributed by atoms with Crippen LogP contribution < -0.4 is 0 Å². The number of esters is 4. The third-order valence-electron chi connectivity index (χ3n) is 17.3. The van der Waals surface area contributed by atoms with E-state index in [-0.39, 0.29) is 25.7 Å². The lowest BCUT2D eigenvalue weighted by atomic mass is 10.0. The zero-order chi connectivity index (χ0) is 74.6. The Labute approximate surface area is 621 Å². The van der Waals surface area contributed by atoms with Crippen LogP contribution in [0.5, 0.6) is 0 Å². The molecule has 0 rings (SSSR count). The van der Waals surface area contributed by atoms with E-state index in [9.17, 15) is 43.2 Å². The predicted molar refractivity (Wildman–Crippen MR) is 418 cm³/mol. The van der Waals surface area contributed by atoms with Gasteiger partial charge in [-0.15, -0.1) is 0 Å². The van der Waals surface area contributed by atoms with Gasteiger partial charge in [0.1, 0.15) is 19.3 Å². The van der Waals surface area contributed by atoms with Crippen molar-refractivity contribution in [3.63, 3.8) is 0 Å². The fraction of sp³-hybridized carbons (Fsp3) is 0.783. The van der Waals surface area contributed by atoms with E-state index >= 15 is 0 Å². The summed E-state index contributed by atoms with van der Waals surface area (Å²) in [6, 6.07) is 0. The van der Waals surface area contributed by atoms with Crippen LogP contribution in [-0.2, 0) is 65.4 Å². The summed E-state index contributed by atoms with van der Waals surface area (Å²) in [7, 11) is -9.96. The normalized spacial score (nSPS) is 14.3. The van der Waals surface area contributed by atoms with Gasteiger partial charge in [-0.1, -0.05) is 299 Å². The fourth-order valence-electron chi connectivity index (χ4n) is 11.1. The summed E-state index contributed by atoms with van der Waals surface area (Å²) in [5.74, 6) is -2.20. The number of phosphoric ester groups is 2. The predicted octanol–water partition coefficient (Wildman–Crippen LogP) is 23.8. The van der Waals surface area contributed by atoms with Crippen LogP contribution in [0.3, 0.4) is 0 Å². The molecule has 0 aromatic heterocycles. The summed E-state index contributed by atoms with van der Waals surface area (Å²) in [4.78, 5) is 73.0. The topological polar surface area (TPSA) is 237 Å². The molecule has 0 aliphatic rings. The Morgan fingerprint density at radius 1 is 0.284 bits per heavy atom. The van der Waals surface area contributed by atoms with E-state index in [1.54, 1.807) is 0 Å². The van der Waals surface area contributed by atoms with Crippen molar-refractivity contribution >= 4 is 39.5 Å². The molecule has 0 amide bonds. The molecule has 102 heavy (non-hydrogen) atoms. The lowest BCUT2D eigenvalue weighted by molar-refractivity contribution is -0.161. The highest BCUT2D eigenvalue weighted by Crippen LogP contribution is 2.45. The molecule has 0 saturated carbocycles. The molecule has 3 N–H and O–H groups in total. The second-order valence-electron chi connectivity index (χ2n) is 27.3. The van der Waals surface area contributed by atoms with Crippen LogP contribution in [0.2, 0.25) is 0 Å². The van der Waals surface area contributed by atoms with Crippen LogP contribution in [0.4, 0.5) is 0 Å². The van der Waals surface area contributed by atoms with Gasteiger partial charge in [-0.05, 0) is 122 Å². The smallest absolute Gasteiger partial charge is 0.462 e. The molecule has 0 radical (unpaired) electrons. The Hall–Kier alpha value is -3.76. The molecule has 0 bridgehead atoms. The Kier molecular flexibility index (Phi) is 72.7. The molecule has 0 aliphatic heterocycles. The number of hydrogen-bond acceptors (Lipinski definition) is 15. The van der Waals surface area contributed by atoms with Gasteiger partial charge < -0.3 is 33.8 Å². The molecule has 2 unspecified atom stereocenters. The van der Waals surface area contributed by atoms with Gasteiger partial charge in [0.2, 0.25) is 0 Å². The lowest BCUT2D eigenvalue weighted by Crippen LogP contribution is -2.30. The zero-order valence-electron chi connectivity index (χ0n) is 64.8. The van der Waals surface area contributed by atoms with Crippen LogP contribution in [0, 0.1) is 0 Å². The lowest BCUT2D eigenvalue weighted by Gasteiger charge is -2.21. The monoisotopic (exact) mass is 1480 g/mol. The Morgan fingerprint density at radius 2 is 0.510 bits per heavy atom. The maximum atomic E-state index is 13.1. The van der Waals surface area contributed by atoms with Gasteiger partial charge in [-0.25, -0.2) is 9.13 Å². The first-order valence-electron chi connectivity index (χ1n) is 40.8. The van der Waals surface area contributed by atoms with Crippen LogP contribution >= 0.6 is 15.6 Å². The van der Waals surface area contributed by atoms with E-state index in [1.165, 1.54) is 128 Å². The standard InChI is InChI=1S/C83H148O17P2/c1-5-9-13-17-21-25-29-33-36-37-38-39-42-45-48-52-56-60-64-68-81(86)94-73-78(99-82(87)69-65-61-57-53-49-43-32-28-24-20-16-12-8-4)75-97-101(89,90)95-71-77(84)72-96-102(91,92)98-76-79(100-83(88)70-66-62-58-54-50-46-41-35-31-27-23-19-15-11-7-3)74-93-80(85)67-63-59-55-51-47-44-40-34-30-26-22-18-14-10-6-2/h9,13,21,25,33-36,38-41,45,48,77-79,84H,5-8,10-12,14-20,22-24,26-32,37,42-44,46-47,49-76H2,1-4H3,(H,89,90)(H,91,92)/b13-9-,25-21-,36-33-,39-38-,40-34-,41-35-,48-45-/t77-,78-,79-/m1/s1. The molecule has 19 heteroatoms. The Morgan fingerprint density at radius 3 is 0.804 bits per heavy atom. The maximum Gasteiger partial charge on any atom is 0.472 e. The van der Waals surface area contributed by atoms with Gasteiger partial charge in [-0.3, -0.25) is 37.3 Å². The van der Waals surface area contributed by atoms with Crippen molar-refractivity contribution in [1.29, 1.82) is 0 Å². The first kappa shape index (κ1) is 98.2. The van der Waals surface area contributed by atoms with E-state index in [0.29, 0.717) is 25.7 Å². The molecule has 0 spiro atoms. The van der Waals surface area contributed by atoms with E-state index in [2.05, 4.69) is 113 Å². The third kappa shape index (κ3) is 74.5. The summed E-state index contributed by atoms with van der Waals surface area (Å²) in [6.07, 6.45) is 78.4. The van der Waals surface area contributed by atoms with E-state index in [1.807, 2.05) is 0 Å². The first-order chi connectivity index (χ1) is 49.7. The van der Waals surface area contributed by atoms with Crippen LogP contribution in [0.15, 0.2) is 85.1 Å². The zero-order valence-corrected chi connectivity index (χ0v) is 66.6. The average molecular weight is 1480 g/mol. The highest BCUT2D eigenvalue weighted by atomic mass is 31.2. The second kappa shape index (κ2) is 75.5. The second-order valence-corrected chi connectivity index (χ2v) is 30.2. The van der Waals surface area contributed by atoms with Crippen LogP contribution in [0.25, 0.3) is 0 Å². The SMILES string of the molecule is CC/C=C\C/C=C\C/C=C\C/C=C\C/C=C\CCCCCC(=O)OC[C@H](COP(=O)(O)OC[C@@H](O)COP(=O)(O)OC[C@@H](COC(=O)CCCCCCC/C=C\CCCCCCCC)OC(=O)CCCCCCC/C=C\CCCCCCCC)OC(=O)CCCCCCCCCCCCCCC. The molecule has 17 nitrogen and oxygen atoms in total. The number of rotatable bonds is 77. The first-order valence-corrected chi connectivity index (χ1v) is 43.8. The Balaban J connectivity index is 5.36. The largest absolute Gasteiger partial charge is 0.472 e. The van der Waals surface area contributed by atoms with Gasteiger partial charge in [0.05, 0.1) is 26.4 Å². The molecular formula is C83H148O17P2. The quantitative estimate of drug-likeness (QED) is 0.0169. The molecule has 592 valence electrons. The Bertz CT molecular complexity index is 2260. The number of aliphatic hydroxyl groups is 1. The van der Waals surface area contributed by atoms with Crippen LogP contribution in [0.1, 0.15) is 362 Å². The molecule has 0 fully saturated rings. The van der Waals surface area contributed by atoms with E-state index in [0.717, 1.165) is 154 Å². The van der Waals surface area contributed by atoms with E-state index < -0.39 is 97.5 Å². The summed E-state index contributed by atoms with van der Waals surface area (Å²) in [6.45, 7) is 4.76. The van der Waals surface area contributed by atoms with Gasteiger partial charge >= 0.3 is 39.5 Å². The molecule has 5 atom stereocenters. The van der Waals surface area contributed by atoms with Crippen LogP contribution in [-0.4, -0.2) is 96.7 Å². The number of phosphoric acid groups is 2. The fourth-order valence-corrected chi connectivity index (χ4v) is 12.7. The minimum Gasteiger partial charge on any atom is -0.462 e. The van der Waals surface area contributed by atoms with Crippen molar-refractivity contribution in [3.05, 3.63) is 85.1 Å². The number of hydrogen-bond donors (Lipinski definition) is 3. The molecule has 0 aromatic rings. The molecule has 0 aromatic carbocycles. The van der Waals surface area contributed by atoms with Gasteiger partial charge in [-0.2, -0.15) is 0 Å². The van der Waals surface area contributed by atoms with Crippen molar-refractivity contribution in [1.82, 2.24) is 0 Å². The maximum absolute atomic E-state index is 13.1. The highest BCUT2D eigenvalue weighted by Gasteiger charge is 2.30. The van der Waals surface area contributed by atoms with E-state index in [4.69, 9.17) is 37.0 Å². The number of carbonyl (C=O) groups excluding carboxylic acids is 4. The average Bonchev–Trinajstić information content (AvgIpc) is 0.908. The molecule has 0 aliphatic carbocycles.